The highest BCUT2D eigenvalue weighted by Gasteiger charge is 2.27. The number of rotatable bonds is 6. The molecule has 0 aliphatic carbocycles. The summed E-state index contributed by atoms with van der Waals surface area (Å²) in [5, 5.41) is 10.9. The van der Waals surface area contributed by atoms with Gasteiger partial charge in [-0.2, -0.15) is 0 Å². The van der Waals surface area contributed by atoms with Gasteiger partial charge in [-0.05, 0) is 31.9 Å². The maximum atomic E-state index is 12.1. The standard InChI is InChI=1S/C15H21NO3S/c1-9(2)13(15(18)19)20-11(4)14(17)16-12-7-5-10(3)6-8-12/h5-9,11,13H,1-4H3,(H,16,17)(H,18,19). The second kappa shape index (κ2) is 7.33. The van der Waals surface area contributed by atoms with Crippen molar-refractivity contribution >= 4 is 29.3 Å². The van der Waals surface area contributed by atoms with Crippen LogP contribution in [0, 0.1) is 12.8 Å². The maximum Gasteiger partial charge on any atom is 0.316 e. The fourth-order valence-corrected chi connectivity index (χ4v) is 2.72. The highest BCUT2D eigenvalue weighted by atomic mass is 32.2. The van der Waals surface area contributed by atoms with E-state index in [0.717, 1.165) is 11.3 Å². The van der Waals surface area contributed by atoms with Crippen LogP contribution in [0.25, 0.3) is 0 Å². The molecule has 1 amide bonds. The number of hydrogen-bond donors (Lipinski definition) is 2. The Kier molecular flexibility index (Phi) is 6.07. The topological polar surface area (TPSA) is 66.4 Å². The summed E-state index contributed by atoms with van der Waals surface area (Å²) in [4.78, 5) is 23.2. The number of carboxylic acids is 1. The largest absolute Gasteiger partial charge is 0.480 e. The Balaban J connectivity index is 2.62. The number of carbonyl (C=O) groups excluding carboxylic acids is 1. The van der Waals surface area contributed by atoms with Crippen molar-refractivity contribution in [3.8, 4) is 0 Å². The molecule has 0 aromatic heterocycles. The van der Waals surface area contributed by atoms with E-state index in [1.54, 1.807) is 6.92 Å². The number of benzene rings is 1. The molecule has 1 aromatic carbocycles. The van der Waals surface area contributed by atoms with Gasteiger partial charge in [0.25, 0.3) is 0 Å². The van der Waals surface area contributed by atoms with Crippen LogP contribution in [-0.2, 0) is 9.59 Å². The molecule has 0 aliphatic heterocycles. The number of carbonyl (C=O) groups is 2. The molecule has 20 heavy (non-hydrogen) atoms. The van der Waals surface area contributed by atoms with Gasteiger partial charge in [0.15, 0.2) is 0 Å². The van der Waals surface area contributed by atoms with E-state index in [1.807, 2.05) is 45.0 Å². The minimum atomic E-state index is -0.875. The van der Waals surface area contributed by atoms with E-state index >= 15 is 0 Å². The summed E-state index contributed by atoms with van der Waals surface area (Å²) in [5.74, 6) is -1.07. The molecular formula is C15H21NO3S. The van der Waals surface area contributed by atoms with Gasteiger partial charge in [0.2, 0.25) is 5.91 Å². The molecule has 5 heteroatoms. The number of hydrogen-bond acceptors (Lipinski definition) is 3. The molecule has 4 nitrogen and oxygen atoms in total. The molecule has 0 saturated carbocycles. The Labute approximate surface area is 124 Å². The van der Waals surface area contributed by atoms with E-state index in [9.17, 15) is 9.59 Å². The lowest BCUT2D eigenvalue weighted by atomic mass is 10.1. The van der Waals surface area contributed by atoms with Gasteiger partial charge in [0, 0.05) is 5.69 Å². The molecule has 110 valence electrons. The summed E-state index contributed by atoms with van der Waals surface area (Å²) in [7, 11) is 0. The van der Waals surface area contributed by atoms with E-state index in [2.05, 4.69) is 5.32 Å². The molecule has 1 aromatic rings. The molecule has 0 bridgehead atoms. The molecule has 2 N–H and O–H groups in total. The Bertz CT molecular complexity index is 471. The van der Waals surface area contributed by atoms with Gasteiger partial charge >= 0.3 is 5.97 Å². The Morgan fingerprint density at radius 1 is 1.15 bits per heavy atom. The number of thioether (sulfide) groups is 1. The fourth-order valence-electron chi connectivity index (χ4n) is 1.66. The van der Waals surface area contributed by atoms with Crippen LogP contribution < -0.4 is 5.32 Å². The molecule has 2 unspecified atom stereocenters. The van der Waals surface area contributed by atoms with Crippen LogP contribution in [0.3, 0.4) is 0 Å². The number of aryl methyl sites for hydroxylation is 1. The first-order valence-corrected chi connectivity index (χ1v) is 7.51. The van der Waals surface area contributed by atoms with Crippen LogP contribution in [0.1, 0.15) is 26.3 Å². The molecule has 0 saturated heterocycles. The van der Waals surface area contributed by atoms with Gasteiger partial charge in [0.1, 0.15) is 5.25 Å². The van der Waals surface area contributed by atoms with E-state index in [4.69, 9.17) is 5.11 Å². The summed E-state index contributed by atoms with van der Waals surface area (Å²) in [6, 6.07) is 7.51. The zero-order chi connectivity index (χ0) is 15.3. The molecule has 0 aliphatic rings. The van der Waals surface area contributed by atoms with Crippen molar-refractivity contribution in [2.45, 2.75) is 38.2 Å². The van der Waals surface area contributed by atoms with Crippen molar-refractivity contribution in [3.63, 3.8) is 0 Å². The van der Waals surface area contributed by atoms with Gasteiger partial charge in [-0.1, -0.05) is 31.5 Å². The summed E-state index contributed by atoms with van der Waals surface area (Å²) < 4.78 is 0. The average molecular weight is 295 g/mol. The second-order valence-corrected chi connectivity index (χ2v) is 6.62. The van der Waals surface area contributed by atoms with Crippen molar-refractivity contribution < 1.29 is 14.7 Å². The second-order valence-electron chi connectivity index (χ2n) is 5.14. The minimum Gasteiger partial charge on any atom is -0.480 e. The third-order valence-corrected chi connectivity index (χ3v) is 4.55. The van der Waals surface area contributed by atoms with Crippen LogP contribution in [0.4, 0.5) is 5.69 Å². The number of aliphatic carboxylic acids is 1. The number of amides is 1. The Morgan fingerprint density at radius 3 is 2.15 bits per heavy atom. The van der Waals surface area contributed by atoms with E-state index < -0.39 is 16.5 Å². The van der Waals surface area contributed by atoms with Crippen LogP contribution in [0.2, 0.25) is 0 Å². The highest BCUT2D eigenvalue weighted by Crippen LogP contribution is 2.25. The van der Waals surface area contributed by atoms with Crippen molar-refractivity contribution in [2.75, 3.05) is 5.32 Å². The maximum absolute atomic E-state index is 12.1. The lowest BCUT2D eigenvalue weighted by Gasteiger charge is -2.20. The van der Waals surface area contributed by atoms with Crippen molar-refractivity contribution in [1.82, 2.24) is 0 Å². The summed E-state index contributed by atoms with van der Waals surface area (Å²) in [6.07, 6.45) is 0. The molecule has 0 heterocycles. The van der Waals surface area contributed by atoms with Crippen LogP contribution in [0.5, 0.6) is 0 Å². The predicted molar refractivity (Wildman–Crippen MR) is 83.1 cm³/mol. The van der Waals surface area contributed by atoms with E-state index in [-0.39, 0.29) is 11.8 Å². The third-order valence-electron chi connectivity index (χ3n) is 2.89. The quantitative estimate of drug-likeness (QED) is 0.846. The molecule has 0 radical (unpaired) electrons. The third kappa shape index (κ3) is 4.89. The van der Waals surface area contributed by atoms with Crippen LogP contribution >= 0.6 is 11.8 Å². The van der Waals surface area contributed by atoms with Gasteiger partial charge < -0.3 is 10.4 Å². The Hall–Kier alpha value is -1.49. The molecule has 0 spiro atoms. The van der Waals surface area contributed by atoms with Gasteiger partial charge in [-0.15, -0.1) is 11.8 Å². The van der Waals surface area contributed by atoms with Crippen molar-refractivity contribution in [1.29, 1.82) is 0 Å². The summed E-state index contributed by atoms with van der Waals surface area (Å²) >= 11 is 1.18. The minimum absolute atomic E-state index is 0.0212. The lowest BCUT2D eigenvalue weighted by Crippen LogP contribution is -2.30. The molecule has 2 atom stereocenters. The van der Waals surface area contributed by atoms with E-state index in [0.29, 0.717) is 0 Å². The molecule has 0 fully saturated rings. The predicted octanol–water partition coefficient (Wildman–Crippen LogP) is 3.16. The average Bonchev–Trinajstić information content (AvgIpc) is 2.37. The van der Waals surface area contributed by atoms with Crippen molar-refractivity contribution in [2.24, 2.45) is 5.92 Å². The fraction of sp³-hybridized carbons (Fsp3) is 0.467. The smallest absolute Gasteiger partial charge is 0.316 e. The molecule has 1 rings (SSSR count). The Morgan fingerprint density at radius 2 is 1.70 bits per heavy atom. The number of nitrogens with one attached hydrogen (secondary N) is 1. The number of carboxylic acid groups (broad SMARTS) is 1. The zero-order valence-corrected chi connectivity index (χ0v) is 13.0. The zero-order valence-electron chi connectivity index (χ0n) is 12.2. The highest BCUT2D eigenvalue weighted by molar-refractivity contribution is 8.01. The van der Waals surface area contributed by atoms with Crippen LogP contribution in [0.15, 0.2) is 24.3 Å². The van der Waals surface area contributed by atoms with Gasteiger partial charge in [-0.3, -0.25) is 9.59 Å². The molecular weight excluding hydrogens is 274 g/mol. The summed E-state index contributed by atoms with van der Waals surface area (Å²) in [5.41, 5.74) is 1.85. The first-order valence-electron chi connectivity index (χ1n) is 6.57. The first-order chi connectivity index (χ1) is 9.31. The first kappa shape index (κ1) is 16.6. The van der Waals surface area contributed by atoms with Gasteiger partial charge in [0.05, 0.1) is 5.25 Å². The van der Waals surface area contributed by atoms with Gasteiger partial charge in [-0.25, -0.2) is 0 Å². The normalized spacial score (nSPS) is 13.8. The van der Waals surface area contributed by atoms with Crippen molar-refractivity contribution in [3.05, 3.63) is 29.8 Å². The van der Waals surface area contributed by atoms with Crippen LogP contribution in [-0.4, -0.2) is 27.5 Å². The number of anilines is 1. The monoisotopic (exact) mass is 295 g/mol. The SMILES string of the molecule is Cc1ccc(NC(=O)C(C)SC(C(=O)O)C(C)C)cc1. The lowest BCUT2D eigenvalue weighted by molar-refractivity contribution is -0.137. The van der Waals surface area contributed by atoms with E-state index in [1.165, 1.54) is 11.8 Å². The summed E-state index contributed by atoms with van der Waals surface area (Å²) in [6.45, 7) is 7.39.